The van der Waals surface area contributed by atoms with E-state index in [1.165, 1.54) is 11.1 Å². The molecule has 0 spiro atoms. The molecule has 1 aliphatic rings. The molecule has 8 heteroatoms. The van der Waals surface area contributed by atoms with Gasteiger partial charge in [0.2, 0.25) is 0 Å². The van der Waals surface area contributed by atoms with Gasteiger partial charge in [-0.3, -0.25) is 0 Å². The molecule has 1 saturated heterocycles. The van der Waals surface area contributed by atoms with Gasteiger partial charge < -0.3 is 20.1 Å². The zero-order valence-electron chi connectivity index (χ0n) is 19.9. The van der Waals surface area contributed by atoms with Crippen LogP contribution in [0.25, 0.3) is 22.1 Å². The Hall–Kier alpha value is -4.04. The molecule has 6 rings (SSSR count). The second-order valence-corrected chi connectivity index (χ2v) is 9.24. The van der Waals surface area contributed by atoms with Crippen LogP contribution in [-0.4, -0.2) is 50.2 Å². The van der Waals surface area contributed by atoms with Crippen molar-refractivity contribution in [3.63, 3.8) is 0 Å². The third kappa shape index (κ3) is 4.40. The van der Waals surface area contributed by atoms with Gasteiger partial charge in [-0.15, -0.1) is 0 Å². The predicted octanol–water partition coefficient (Wildman–Crippen LogP) is 4.04. The van der Waals surface area contributed by atoms with Crippen LogP contribution in [0.1, 0.15) is 18.1 Å². The molecular weight excluding hydrogens is 436 g/mol. The Morgan fingerprint density at radius 2 is 1.83 bits per heavy atom. The average molecular weight is 465 g/mol. The first-order valence-electron chi connectivity index (χ1n) is 12.0. The average Bonchev–Trinajstić information content (AvgIpc) is 3.25. The van der Waals surface area contributed by atoms with Gasteiger partial charge in [0.25, 0.3) is 0 Å². The minimum atomic E-state index is 0.440. The molecule has 1 aliphatic heterocycles. The van der Waals surface area contributed by atoms with Crippen molar-refractivity contribution in [2.45, 2.75) is 19.4 Å². The molecule has 2 aromatic carbocycles. The van der Waals surface area contributed by atoms with Crippen molar-refractivity contribution in [3.8, 4) is 0 Å². The number of pyridine rings is 1. The molecule has 8 nitrogen and oxygen atoms in total. The summed E-state index contributed by atoms with van der Waals surface area (Å²) in [5.74, 6) is 1.68. The molecule has 0 unspecified atom stereocenters. The van der Waals surface area contributed by atoms with E-state index in [4.69, 9.17) is 4.98 Å². The Kier molecular flexibility index (Phi) is 5.50. The van der Waals surface area contributed by atoms with Crippen molar-refractivity contribution >= 4 is 39.4 Å². The van der Waals surface area contributed by atoms with Crippen LogP contribution < -0.4 is 15.5 Å². The van der Waals surface area contributed by atoms with Gasteiger partial charge in [-0.2, -0.15) is 0 Å². The first-order valence-corrected chi connectivity index (χ1v) is 12.0. The van der Waals surface area contributed by atoms with E-state index < -0.39 is 0 Å². The highest BCUT2D eigenvalue weighted by atomic mass is 15.2. The van der Waals surface area contributed by atoms with E-state index in [-0.39, 0.29) is 0 Å². The summed E-state index contributed by atoms with van der Waals surface area (Å²) in [5, 5.41) is 6.93. The van der Waals surface area contributed by atoms with Crippen LogP contribution in [0.5, 0.6) is 0 Å². The minimum absolute atomic E-state index is 0.440. The van der Waals surface area contributed by atoms with E-state index in [9.17, 15) is 0 Å². The molecule has 5 aromatic rings. The first-order chi connectivity index (χ1) is 17.1. The van der Waals surface area contributed by atoms with Crippen molar-refractivity contribution in [2.75, 3.05) is 29.9 Å². The maximum atomic E-state index is 4.93. The molecule has 0 aliphatic carbocycles. The van der Waals surface area contributed by atoms with Crippen LogP contribution in [-0.2, 0) is 13.5 Å². The van der Waals surface area contributed by atoms with E-state index in [0.29, 0.717) is 11.9 Å². The Morgan fingerprint density at radius 3 is 2.69 bits per heavy atom. The molecule has 0 saturated carbocycles. The SMILES string of the molecule is C[C@@H]1CN(c2ccc3ncnc(Nc4ccc(Cc5ccc6c(c5)ncn6C)cc4)c3n2)CCN1. The molecule has 4 heterocycles. The number of imidazole rings is 1. The molecule has 35 heavy (non-hydrogen) atoms. The number of piperazine rings is 1. The molecule has 0 radical (unpaired) electrons. The highest BCUT2D eigenvalue weighted by molar-refractivity contribution is 5.88. The van der Waals surface area contributed by atoms with Crippen molar-refractivity contribution in [3.05, 3.63) is 78.4 Å². The lowest BCUT2D eigenvalue weighted by Crippen LogP contribution is -2.49. The Morgan fingerprint density at radius 1 is 0.971 bits per heavy atom. The van der Waals surface area contributed by atoms with Crippen LogP contribution in [0.15, 0.2) is 67.3 Å². The van der Waals surface area contributed by atoms with Crippen molar-refractivity contribution in [2.24, 2.45) is 7.05 Å². The van der Waals surface area contributed by atoms with Crippen LogP contribution in [0, 0.1) is 0 Å². The quantitative estimate of drug-likeness (QED) is 0.406. The summed E-state index contributed by atoms with van der Waals surface area (Å²) < 4.78 is 2.04. The van der Waals surface area contributed by atoms with Gasteiger partial charge in [-0.1, -0.05) is 18.2 Å². The Labute approximate surface area is 204 Å². The fourth-order valence-corrected chi connectivity index (χ4v) is 4.71. The summed E-state index contributed by atoms with van der Waals surface area (Å²) in [6, 6.07) is 19.5. The first kappa shape index (κ1) is 21.5. The fourth-order valence-electron chi connectivity index (χ4n) is 4.71. The number of aromatic nitrogens is 5. The van der Waals surface area contributed by atoms with Gasteiger partial charge in [-0.25, -0.2) is 19.9 Å². The van der Waals surface area contributed by atoms with Gasteiger partial charge in [0.1, 0.15) is 17.7 Å². The van der Waals surface area contributed by atoms with E-state index in [1.807, 2.05) is 30.1 Å². The molecule has 0 amide bonds. The molecule has 3 aromatic heterocycles. The lowest BCUT2D eigenvalue weighted by molar-refractivity contribution is 0.482. The molecule has 2 N–H and O–H groups in total. The number of nitrogens with zero attached hydrogens (tertiary/aromatic N) is 6. The van der Waals surface area contributed by atoms with Gasteiger partial charge in [0.05, 0.1) is 22.9 Å². The number of rotatable bonds is 5. The summed E-state index contributed by atoms with van der Waals surface area (Å²) in [6.07, 6.45) is 4.30. The predicted molar refractivity (Wildman–Crippen MR) is 140 cm³/mol. The second kappa shape index (κ2) is 8.96. The number of benzene rings is 2. The molecule has 176 valence electrons. The molecule has 1 atom stereocenters. The number of fused-ring (bicyclic) bond motifs is 2. The highest BCUT2D eigenvalue weighted by Crippen LogP contribution is 2.25. The maximum Gasteiger partial charge on any atom is 0.160 e. The highest BCUT2D eigenvalue weighted by Gasteiger charge is 2.18. The van der Waals surface area contributed by atoms with E-state index in [2.05, 4.69) is 79.9 Å². The van der Waals surface area contributed by atoms with Crippen LogP contribution in [0.2, 0.25) is 0 Å². The summed E-state index contributed by atoms with van der Waals surface area (Å²) >= 11 is 0. The van der Waals surface area contributed by atoms with E-state index in [0.717, 1.165) is 59.6 Å². The zero-order chi connectivity index (χ0) is 23.8. The fraction of sp³-hybridized carbons (Fsp3) is 0.259. The summed E-state index contributed by atoms with van der Waals surface area (Å²) in [6.45, 7) is 5.03. The lowest BCUT2D eigenvalue weighted by atomic mass is 10.0. The standard InChI is InChI=1S/C27H28N8/c1-18-15-35(12-11-28-18)25-10-8-22-26(33-25)27(30-16-29-22)32-21-6-3-19(4-7-21)13-20-5-9-24-23(14-20)31-17-34(24)2/h3-10,14,16-18,28H,11-13,15H2,1-2H3,(H,29,30,32)/t18-/m1/s1. The lowest BCUT2D eigenvalue weighted by Gasteiger charge is -2.32. The van der Waals surface area contributed by atoms with Crippen molar-refractivity contribution in [1.29, 1.82) is 0 Å². The number of hydrogen-bond donors (Lipinski definition) is 2. The molecular formula is C27H28N8. The zero-order valence-corrected chi connectivity index (χ0v) is 19.9. The third-order valence-electron chi connectivity index (χ3n) is 6.57. The van der Waals surface area contributed by atoms with Crippen LogP contribution in [0.3, 0.4) is 0 Å². The molecule has 0 bridgehead atoms. The van der Waals surface area contributed by atoms with Crippen LogP contribution >= 0.6 is 0 Å². The number of hydrogen-bond acceptors (Lipinski definition) is 7. The minimum Gasteiger partial charge on any atom is -0.354 e. The Bertz CT molecular complexity index is 1490. The van der Waals surface area contributed by atoms with Crippen molar-refractivity contribution < 1.29 is 0 Å². The third-order valence-corrected chi connectivity index (χ3v) is 6.57. The van der Waals surface area contributed by atoms with Gasteiger partial charge in [0, 0.05) is 38.4 Å². The van der Waals surface area contributed by atoms with Gasteiger partial charge >= 0.3 is 0 Å². The summed E-state index contributed by atoms with van der Waals surface area (Å²) in [7, 11) is 2.02. The van der Waals surface area contributed by atoms with E-state index >= 15 is 0 Å². The summed E-state index contributed by atoms with van der Waals surface area (Å²) in [5.41, 5.74) is 7.25. The normalized spacial score (nSPS) is 16.2. The number of nitrogens with one attached hydrogen (secondary N) is 2. The Balaban J connectivity index is 1.21. The number of aryl methyl sites for hydroxylation is 1. The topological polar surface area (TPSA) is 83.8 Å². The maximum absolute atomic E-state index is 4.93. The monoisotopic (exact) mass is 464 g/mol. The second-order valence-electron chi connectivity index (χ2n) is 9.24. The van der Waals surface area contributed by atoms with Crippen LogP contribution in [0.4, 0.5) is 17.3 Å². The van der Waals surface area contributed by atoms with Crippen molar-refractivity contribution in [1.82, 2.24) is 29.8 Å². The number of anilines is 3. The summed E-state index contributed by atoms with van der Waals surface area (Å²) in [4.78, 5) is 20.6. The largest absolute Gasteiger partial charge is 0.354 e. The smallest absolute Gasteiger partial charge is 0.160 e. The van der Waals surface area contributed by atoms with E-state index in [1.54, 1.807) is 6.33 Å². The van der Waals surface area contributed by atoms with Gasteiger partial charge in [0.15, 0.2) is 5.82 Å². The molecule has 1 fully saturated rings. The van der Waals surface area contributed by atoms with Gasteiger partial charge in [-0.05, 0) is 60.9 Å².